The van der Waals surface area contributed by atoms with Crippen LogP contribution in [0.4, 0.5) is 5.82 Å². The predicted molar refractivity (Wildman–Crippen MR) is 85.2 cm³/mol. The minimum atomic E-state index is -0.105. The number of nitrogens with one attached hydrogen (secondary N) is 1. The smallest absolute Gasteiger partial charge is 0.255 e. The van der Waals surface area contributed by atoms with Crippen LogP contribution >= 0.6 is 0 Å². The van der Waals surface area contributed by atoms with Gasteiger partial charge in [-0.25, -0.2) is 9.97 Å². The van der Waals surface area contributed by atoms with Crippen LogP contribution in [0.3, 0.4) is 0 Å². The number of aryl methyl sites for hydroxylation is 1. The van der Waals surface area contributed by atoms with Crippen LogP contribution in [-0.2, 0) is 0 Å². The molecule has 0 radical (unpaired) electrons. The Labute approximate surface area is 129 Å². The van der Waals surface area contributed by atoms with Crippen molar-refractivity contribution in [2.75, 3.05) is 24.5 Å². The molecule has 0 bridgehead atoms. The van der Waals surface area contributed by atoms with Gasteiger partial charge in [0.2, 0.25) is 5.71 Å². The van der Waals surface area contributed by atoms with Gasteiger partial charge in [-0.05, 0) is 32.6 Å². The van der Waals surface area contributed by atoms with Crippen LogP contribution in [0.15, 0.2) is 10.7 Å². The van der Waals surface area contributed by atoms with Crippen LogP contribution in [0.2, 0.25) is 0 Å². The number of amides is 1. The molecule has 1 aliphatic rings. The first-order valence-corrected chi connectivity index (χ1v) is 7.99. The van der Waals surface area contributed by atoms with E-state index in [-0.39, 0.29) is 5.91 Å². The molecule has 22 heavy (non-hydrogen) atoms. The molecule has 6 nitrogen and oxygen atoms in total. The van der Waals surface area contributed by atoms with Crippen LogP contribution in [0.5, 0.6) is 0 Å². The Kier molecular flexibility index (Phi) is 4.27. The monoisotopic (exact) mass is 302 g/mol. The van der Waals surface area contributed by atoms with Crippen molar-refractivity contribution in [3.05, 3.63) is 17.7 Å². The summed E-state index contributed by atoms with van der Waals surface area (Å²) in [6.45, 7) is 6.42. The van der Waals surface area contributed by atoms with Gasteiger partial charge in [-0.15, -0.1) is 0 Å². The zero-order valence-electron chi connectivity index (χ0n) is 13.2. The molecule has 1 amide bonds. The molecule has 2 aromatic heterocycles. The first-order chi connectivity index (χ1) is 10.7. The van der Waals surface area contributed by atoms with Crippen LogP contribution in [0.1, 0.15) is 48.7 Å². The van der Waals surface area contributed by atoms with Crippen molar-refractivity contribution in [2.45, 2.75) is 39.5 Å². The zero-order valence-corrected chi connectivity index (χ0v) is 13.2. The van der Waals surface area contributed by atoms with E-state index < -0.39 is 0 Å². The maximum atomic E-state index is 12.5. The molecule has 2 aromatic rings. The van der Waals surface area contributed by atoms with Crippen molar-refractivity contribution in [1.29, 1.82) is 0 Å². The van der Waals surface area contributed by atoms with Crippen molar-refractivity contribution in [1.82, 2.24) is 15.3 Å². The second-order valence-corrected chi connectivity index (χ2v) is 5.71. The minimum absolute atomic E-state index is 0.105. The van der Waals surface area contributed by atoms with Crippen molar-refractivity contribution < 1.29 is 9.21 Å². The van der Waals surface area contributed by atoms with Crippen LogP contribution in [-0.4, -0.2) is 35.5 Å². The van der Waals surface area contributed by atoms with Gasteiger partial charge in [-0.2, -0.15) is 0 Å². The number of hydrogen-bond acceptors (Lipinski definition) is 5. The number of piperidine rings is 1. The molecule has 0 unspecified atom stereocenters. The van der Waals surface area contributed by atoms with Gasteiger partial charge in [-0.1, -0.05) is 6.92 Å². The minimum Gasteiger partial charge on any atom is -0.442 e. The SMILES string of the molecule is CCCNC(=O)c1c(C)oc2ncnc(N3CCCCC3)c12. The highest BCUT2D eigenvalue weighted by Crippen LogP contribution is 2.32. The number of rotatable bonds is 4. The number of fused-ring (bicyclic) bond motifs is 1. The average molecular weight is 302 g/mol. The third-order valence-corrected chi connectivity index (χ3v) is 4.06. The number of nitrogens with zero attached hydrogens (tertiary/aromatic N) is 3. The van der Waals surface area contributed by atoms with Gasteiger partial charge >= 0.3 is 0 Å². The van der Waals surface area contributed by atoms with Crippen molar-refractivity contribution >= 4 is 22.8 Å². The standard InChI is InChI=1S/C16H22N4O2/c1-3-7-17-15(21)12-11(2)22-16-13(12)14(18-10-19-16)20-8-5-4-6-9-20/h10H,3-9H2,1-2H3,(H,17,21). The first kappa shape index (κ1) is 14.8. The number of carbonyl (C=O) groups is 1. The molecular weight excluding hydrogens is 280 g/mol. The lowest BCUT2D eigenvalue weighted by molar-refractivity contribution is 0.0953. The molecule has 1 aliphatic heterocycles. The molecule has 0 saturated carbocycles. The van der Waals surface area contributed by atoms with E-state index in [4.69, 9.17) is 4.42 Å². The lowest BCUT2D eigenvalue weighted by Gasteiger charge is -2.28. The molecule has 0 atom stereocenters. The maximum Gasteiger partial charge on any atom is 0.255 e. The van der Waals surface area contributed by atoms with E-state index in [1.165, 1.54) is 12.7 Å². The fraction of sp³-hybridized carbons (Fsp3) is 0.562. The quantitative estimate of drug-likeness (QED) is 0.940. The third kappa shape index (κ3) is 2.65. The second-order valence-electron chi connectivity index (χ2n) is 5.71. The van der Waals surface area contributed by atoms with Gasteiger partial charge in [0.15, 0.2) is 0 Å². The lowest BCUT2D eigenvalue weighted by Crippen LogP contribution is -2.31. The Morgan fingerprint density at radius 1 is 1.32 bits per heavy atom. The van der Waals surface area contributed by atoms with E-state index in [0.29, 0.717) is 23.6 Å². The van der Waals surface area contributed by atoms with E-state index in [9.17, 15) is 4.79 Å². The van der Waals surface area contributed by atoms with Crippen molar-refractivity contribution in [3.63, 3.8) is 0 Å². The van der Waals surface area contributed by atoms with E-state index in [1.807, 2.05) is 13.8 Å². The van der Waals surface area contributed by atoms with Gasteiger partial charge in [0.1, 0.15) is 17.9 Å². The maximum absolute atomic E-state index is 12.5. The molecule has 6 heteroatoms. The Morgan fingerprint density at radius 2 is 2.09 bits per heavy atom. The normalized spacial score (nSPS) is 15.3. The van der Waals surface area contributed by atoms with E-state index in [0.717, 1.165) is 43.6 Å². The van der Waals surface area contributed by atoms with Gasteiger partial charge in [-0.3, -0.25) is 4.79 Å². The molecule has 118 valence electrons. The molecule has 0 spiro atoms. The molecule has 1 saturated heterocycles. The number of aromatic nitrogens is 2. The van der Waals surface area contributed by atoms with Gasteiger partial charge < -0.3 is 14.6 Å². The topological polar surface area (TPSA) is 71.3 Å². The van der Waals surface area contributed by atoms with Crippen LogP contribution in [0, 0.1) is 6.92 Å². The summed E-state index contributed by atoms with van der Waals surface area (Å²) in [6, 6.07) is 0. The summed E-state index contributed by atoms with van der Waals surface area (Å²) >= 11 is 0. The number of carbonyl (C=O) groups excluding carboxylic acids is 1. The largest absolute Gasteiger partial charge is 0.442 e. The highest BCUT2D eigenvalue weighted by atomic mass is 16.3. The fourth-order valence-electron chi connectivity index (χ4n) is 2.97. The summed E-state index contributed by atoms with van der Waals surface area (Å²) in [4.78, 5) is 23.4. The van der Waals surface area contributed by atoms with Gasteiger partial charge in [0, 0.05) is 19.6 Å². The highest BCUT2D eigenvalue weighted by Gasteiger charge is 2.25. The van der Waals surface area contributed by atoms with Gasteiger partial charge in [0.05, 0.1) is 10.9 Å². The summed E-state index contributed by atoms with van der Waals surface area (Å²) in [5.74, 6) is 1.32. The van der Waals surface area contributed by atoms with Crippen molar-refractivity contribution in [3.8, 4) is 0 Å². The molecule has 3 rings (SSSR count). The van der Waals surface area contributed by atoms with E-state index in [1.54, 1.807) is 0 Å². The predicted octanol–water partition coefficient (Wildman–Crippen LogP) is 2.66. The number of furan rings is 1. The lowest BCUT2D eigenvalue weighted by atomic mass is 10.1. The Bertz CT molecular complexity index is 674. The molecule has 1 N–H and O–H groups in total. The van der Waals surface area contributed by atoms with Crippen LogP contribution < -0.4 is 10.2 Å². The van der Waals surface area contributed by atoms with Crippen LogP contribution in [0.25, 0.3) is 11.1 Å². The first-order valence-electron chi connectivity index (χ1n) is 7.99. The second kappa shape index (κ2) is 6.34. The highest BCUT2D eigenvalue weighted by molar-refractivity contribution is 6.10. The zero-order chi connectivity index (χ0) is 15.5. The summed E-state index contributed by atoms with van der Waals surface area (Å²) in [5, 5.41) is 3.67. The van der Waals surface area contributed by atoms with E-state index in [2.05, 4.69) is 20.2 Å². The Hall–Kier alpha value is -2.11. The fourth-order valence-corrected chi connectivity index (χ4v) is 2.97. The summed E-state index contributed by atoms with van der Waals surface area (Å²) in [7, 11) is 0. The molecule has 0 aliphatic carbocycles. The number of hydrogen-bond donors (Lipinski definition) is 1. The molecular formula is C16H22N4O2. The molecule has 3 heterocycles. The van der Waals surface area contributed by atoms with Gasteiger partial charge in [0.25, 0.3) is 5.91 Å². The Balaban J connectivity index is 2.07. The summed E-state index contributed by atoms with van der Waals surface area (Å²) < 4.78 is 5.69. The molecule has 1 fully saturated rings. The number of anilines is 1. The molecule has 0 aromatic carbocycles. The summed E-state index contributed by atoms with van der Waals surface area (Å²) in [6.07, 6.45) is 5.97. The third-order valence-electron chi connectivity index (χ3n) is 4.06. The Morgan fingerprint density at radius 3 is 2.82 bits per heavy atom. The van der Waals surface area contributed by atoms with E-state index >= 15 is 0 Å². The van der Waals surface area contributed by atoms with Crippen molar-refractivity contribution in [2.24, 2.45) is 0 Å². The average Bonchev–Trinajstić information content (AvgIpc) is 2.89. The summed E-state index contributed by atoms with van der Waals surface area (Å²) in [5.41, 5.74) is 1.07.